The van der Waals surface area contributed by atoms with Crippen LogP contribution in [0, 0.1) is 0 Å². The van der Waals surface area contributed by atoms with Gasteiger partial charge in [0.1, 0.15) is 11.6 Å². The standard InChI is InChI=1S/C16H21N3O/c1-12(2)16-17-14(11-15(20)18-16)19(3)10-9-13-7-5-4-6-8-13/h4-8,11-12H,9-10H2,1-3H3,(H,17,18,20). The summed E-state index contributed by atoms with van der Waals surface area (Å²) in [6.45, 7) is 4.87. The van der Waals surface area contributed by atoms with Gasteiger partial charge >= 0.3 is 0 Å². The lowest BCUT2D eigenvalue weighted by Gasteiger charge is -2.19. The summed E-state index contributed by atoms with van der Waals surface area (Å²) in [6.07, 6.45) is 0.933. The number of benzene rings is 1. The van der Waals surface area contributed by atoms with E-state index in [0.717, 1.165) is 24.6 Å². The Kier molecular flexibility index (Phi) is 4.56. The molecular formula is C16H21N3O. The first-order valence-electron chi connectivity index (χ1n) is 6.92. The fraction of sp³-hybridized carbons (Fsp3) is 0.375. The summed E-state index contributed by atoms with van der Waals surface area (Å²) in [4.78, 5) is 21.0. The van der Waals surface area contributed by atoms with Crippen molar-refractivity contribution in [2.24, 2.45) is 0 Å². The van der Waals surface area contributed by atoms with E-state index in [1.165, 1.54) is 5.56 Å². The Hall–Kier alpha value is -2.10. The minimum Gasteiger partial charge on any atom is -0.359 e. The molecule has 0 spiro atoms. The molecule has 1 heterocycles. The molecule has 1 aromatic carbocycles. The summed E-state index contributed by atoms with van der Waals surface area (Å²) in [6, 6.07) is 11.9. The summed E-state index contributed by atoms with van der Waals surface area (Å²) in [7, 11) is 1.97. The van der Waals surface area contributed by atoms with E-state index < -0.39 is 0 Å². The van der Waals surface area contributed by atoms with E-state index in [9.17, 15) is 4.79 Å². The fourth-order valence-electron chi connectivity index (χ4n) is 1.99. The molecule has 0 saturated heterocycles. The number of anilines is 1. The smallest absolute Gasteiger partial charge is 0.252 e. The minimum atomic E-state index is -0.0924. The Morgan fingerprint density at radius 2 is 1.95 bits per heavy atom. The van der Waals surface area contributed by atoms with Crippen molar-refractivity contribution in [1.82, 2.24) is 9.97 Å². The SMILES string of the molecule is CC(C)c1nc(N(C)CCc2ccccc2)cc(=O)[nH]1. The van der Waals surface area contributed by atoms with Gasteiger partial charge in [0.25, 0.3) is 5.56 Å². The Morgan fingerprint density at radius 3 is 2.60 bits per heavy atom. The molecule has 0 bridgehead atoms. The zero-order chi connectivity index (χ0) is 14.5. The molecule has 0 unspecified atom stereocenters. The normalized spacial score (nSPS) is 10.8. The molecule has 0 amide bonds. The van der Waals surface area contributed by atoms with Gasteiger partial charge in [-0.15, -0.1) is 0 Å². The number of H-pyrrole nitrogens is 1. The van der Waals surface area contributed by atoms with Gasteiger partial charge in [0, 0.05) is 25.6 Å². The number of nitrogens with zero attached hydrogens (tertiary/aromatic N) is 2. The summed E-state index contributed by atoms with van der Waals surface area (Å²) in [5.74, 6) is 1.68. The van der Waals surface area contributed by atoms with Gasteiger partial charge in [-0.3, -0.25) is 4.79 Å². The molecule has 20 heavy (non-hydrogen) atoms. The lowest BCUT2D eigenvalue weighted by molar-refractivity contribution is 0.753. The molecule has 0 aliphatic rings. The number of nitrogens with one attached hydrogen (secondary N) is 1. The molecule has 2 aromatic rings. The molecule has 2 rings (SSSR count). The van der Waals surface area contributed by atoms with Crippen LogP contribution in [0.5, 0.6) is 0 Å². The Bertz CT molecular complexity index is 605. The zero-order valence-corrected chi connectivity index (χ0v) is 12.3. The zero-order valence-electron chi connectivity index (χ0n) is 12.3. The number of hydrogen-bond donors (Lipinski definition) is 1. The summed E-state index contributed by atoms with van der Waals surface area (Å²) < 4.78 is 0. The van der Waals surface area contributed by atoms with Crippen molar-refractivity contribution in [3.8, 4) is 0 Å². The molecule has 0 saturated carbocycles. The summed E-state index contributed by atoms with van der Waals surface area (Å²) in [5, 5.41) is 0. The van der Waals surface area contributed by atoms with Crippen LogP contribution in [-0.2, 0) is 6.42 Å². The predicted octanol–water partition coefficient (Wildman–Crippen LogP) is 2.57. The molecule has 1 aromatic heterocycles. The monoisotopic (exact) mass is 271 g/mol. The van der Waals surface area contributed by atoms with Crippen LogP contribution in [0.4, 0.5) is 5.82 Å². The second-order valence-corrected chi connectivity index (χ2v) is 5.30. The van der Waals surface area contributed by atoms with E-state index in [4.69, 9.17) is 0 Å². The second-order valence-electron chi connectivity index (χ2n) is 5.30. The van der Waals surface area contributed by atoms with Crippen LogP contribution in [0.1, 0.15) is 31.2 Å². The van der Waals surface area contributed by atoms with Crippen molar-refractivity contribution >= 4 is 5.82 Å². The van der Waals surface area contributed by atoms with Gasteiger partial charge in [0.05, 0.1) is 0 Å². The average Bonchev–Trinajstić information content (AvgIpc) is 2.45. The number of rotatable bonds is 5. The molecule has 106 valence electrons. The maximum absolute atomic E-state index is 11.7. The summed E-state index contributed by atoms with van der Waals surface area (Å²) in [5.41, 5.74) is 1.19. The Balaban J connectivity index is 2.09. The molecule has 4 nitrogen and oxygen atoms in total. The highest BCUT2D eigenvalue weighted by molar-refractivity contribution is 5.37. The highest BCUT2D eigenvalue weighted by atomic mass is 16.1. The molecule has 0 aliphatic carbocycles. The maximum Gasteiger partial charge on any atom is 0.252 e. The third-order valence-electron chi connectivity index (χ3n) is 3.26. The molecule has 0 atom stereocenters. The van der Waals surface area contributed by atoms with Crippen molar-refractivity contribution in [1.29, 1.82) is 0 Å². The summed E-state index contributed by atoms with van der Waals surface area (Å²) >= 11 is 0. The van der Waals surface area contributed by atoms with Gasteiger partial charge in [0.15, 0.2) is 0 Å². The van der Waals surface area contributed by atoms with Crippen molar-refractivity contribution in [3.63, 3.8) is 0 Å². The molecule has 4 heteroatoms. The molecule has 0 radical (unpaired) electrons. The largest absolute Gasteiger partial charge is 0.359 e. The molecular weight excluding hydrogens is 250 g/mol. The number of aromatic amines is 1. The van der Waals surface area contributed by atoms with Crippen molar-refractivity contribution < 1.29 is 0 Å². The minimum absolute atomic E-state index is 0.0924. The number of hydrogen-bond acceptors (Lipinski definition) is 3. The van der Waals surface area contributed by atoms with E-state index in [0.29, 0.717) is 0 Å². The highest BCUT2D eigenvalue weighted by Gasteiger charge is 2.08. The first kappa shape index (κ1) is 14.3. The predicted molar refractivity (Wildman–Crippen MR) is 82.4 cm³/mol. The molecule has 0 aliphatic heterocycles. The van der Waals surface area contributed by atoms with Gasteiger partial charge in [-0.25, -0.2) is 4.98 Å². The first-order chi connectivity index (χ1) is 9.56. The van der Waals surface area contributed by atoms with Gasteiger partial charge in [-0.05, 0) is 12.0 Å². The number of likely N-dealkylation sites (N-methyl/N-ethyl adjacent to an activating group) is 1. The van der Waals surface area contributed by atoms with Crippen molar-refractivity contribution in [2.75, 3.05) is 18.5 Å². The van der Waals surface area contributed by atoms with Crippen LogP contribution in [-0.4, -0.2) is 23.6 Å². The van der Waals surface area contributed by atoms with Crippen LogP contribution in [0.3, 0.4) is 0 Å². The van der Waals surface area contributed by atoms with Crippen molar-refractivity contribution in [2.45, 2.75) is 26.2 Å². The molecule has 1 N–H and O–H groups in total. The number of aromatic nitrogens is 2. The van der Waals surface area contributed by atoms with Crippen LogP contribution < -0.4 is 10.5 Å². The van der Waals surface area contributed by atoms with Crippen LogP contribution in [0.25, 0.3) is 0 Å². The average molecular weight is 271 g/mol. The van der Waals surface area contributed by atoms with E-state index >= 15 is 0 Å². The quantitative estimate of drug-likeness (QED) is 0.909. The van der Waals surface area contributed by atoms with Gasteiger partial charge in [-0.1, -0.05) is 44.2 Å². The lowest BCUT2D eigenvalue weighted by atomic mass is 10.1. The third-order valence-corrected chi connectivity index (χ3v) is 3.26. The van der Waals surface area contributed by atoms with Crippen LogP contribution in [0.15, 0.2) is 41.2 Å². The first-order valence-corrected chi connectivity index (χ1v) is 6.92. The van der Waals surface area contributed by atoms with Crippen LogP contribution >= 0.6 is 0 Å². The van der Waals surface area contributed by atoms with E-state index in [-0.39, 0.29) is 11.5 Å². The van der Waals surface area contributed by atoms with Crippen LogP contribution in [0.2, 0.25) is 0 Å². The topological polar surface area (TPSA) is 49.0 Å². The van der Waals surface area contributed by atoms with Gasteiger partial charge in [-0.2, -0.15) is 0 Å². The fourth-order valence-corrected chi connectivity index (χ4v) is 1.99. The van der Waals surface area contributed by atoms with Gasteiger partial charge < -0.3 is 9.88 Å². The Morgan fingerprint density at radius 1 is 1.25 bits per heavy atom. The molecule has 0 fully saturated rings. The second kappa shape index (κ2) is 6.37. The van der Waals surface area contributed by atoms with Crippen molar-refractivity contribution in [3.05, 3.63) is 58.1 Å². The Labute approximate surface area is 119 Å². The maximum atomic E-state index is 11.7. The lowest BCUT2D eigenvalue weighted by Crippen LogP contribution is -2.24. The van der Waals surface area contributed by atoms with Gasteiger partial charge in [0.2, 0.25) is 0 Å². The van der Waals surface area contributed by atoms with E-state index in [1.54, 1.807) is 6.07 Å². The van der Waals surface area contributed by atoms with E-state index in [2.05, 4.69) is 22.1 Å². The highest BCUT2D eigenvalue weighted by Crippen LogP contribution is 2.12. The van der Waals surface area contributed by atoms with E-state index in [1.807, 2.05) is 44.0 Å². The third kappa shape index (κ3) is 3.70.